The quantitative estimate of drug-likeness (QED) is 0.734. The van der Waals surface area contributed by atoms with Gasteiger partial charge in [-0.2, -0.15) is 0 Å². The Bertz CT molecular complexity index is 792. The van der Waals surface area contributed by atoms with E-state index in [1.54, 1.807) is 29.3 Å². The highest BCUT2D eigenvalue weighted by molar-refractivity contribution is 5.92. The number of piperazine rings is 1. The lowest BCUT2D eigenvalue weighted by molar-refractivity contribution is 0.0740. The Morgan fingerprint density at radius 2 is 1.93 bits per heavy atom. The van der Waals surface area contributed by atoms with E-state index in [0.717, 1.165) is 19.5 Å². The van der Waals surface area contributed by atoms with Crippen LogP contribution in [0.3, 0.4) is 0 Å². The number of hydrogen-bond donors (Lipinski definition) is 1. The summed E-state index contributed by atoms with van der Waals surface area (Å²) in [7, 11) is 4.06. The maximum Gasteiger partial charge on any atom is 0.272 e. The minimum atomic E-state index is -0.233. The molecule has 1 aromatic heterocycles. The normalized spacial score (nSPS) is 14.4. The standard InChI is InChI=1S/C20H27FN6O/c1-25(2)11-5-9-22-20-23-10-8-17(24-20)19(28)27-14-12-26(13-15-27)18-7-4-3-6-16(18)21/h3-4,6-8,10H,5,9,11-15H2,1-2H3,(H,22,23,24). The fraction of sp³-hybridized carbons (Fsp3) is 0.450. The van der Waals surface area contributed by atoms with Crippen molar-refractivity contribution in [2.75, 3.05) is 63.6 Å². The van der Waals surface area contributed by atoms with Gasteiger partial charge in [0.2, 0.25) is 5.95 Å². The van der Waals surface area contributed by atoms with Crippen molar-refractivity contribution < 1.29 is 9.18 Å². The largest absolute Gasteiger partial charge is 0.366 e. The molecule has 1 aliphatic heterocycles. The molecule has 8 heteroatoms. The number of carbonyl (C=O) groups is 1. The second-order valence-corrected chi connectivity index (χ2v) is 7.08. The van der Waals surface area contributed by atoms with Crippen molar-refractivity contribution in [3.63, 3.8) is 0 Å². The van der Waals surface area contributed by atoms with Crippen LogP contribution in [0.25, 0.3) is 0 Å². The van der Waals surface area contributed by atoms with E-state index in [1.165, 1.54) is 6.07 Å². The second-order valence-electron chi connectivity index (χ2n) is 7.08. The monoisotopic (exact) mass is 386 g/mol. The molecule has 0 spiro atoms. The highest BCUT2D eigenvalue weighted by Gasteiger charge is 2.24. The Balaban J connectivity index is 1.55. The second kappa shape index (κ2) is 9.45. The van der Waals surface area contributed by atoms with E-state index in [0.29, 0.717) is 43.5 Å². The molecule has 0 atom stereocenters. The first kappa shape index (κ1) is 20.0. The zero-order valence-corrected chi connectivity index (χ0v) is 16.4. The summed E-state index contributed by atoms with van der Waals surface area (Å²) in [5.41, 5.74) is 0.963. The number of benzene rings is 1. The van der Waals surface area contributed by atoms with Crippen LogP contribution in [0.2, 0.25) is 0 Å². The Labute approximate surface area is 165 Å². The molecule has 1 fully saturated rings. The minimum absolute atomic E-state index is 0.119. The number of nitrogens with zero attached hydrogens (tertiary/aromatic N) is 5. The molecule has 1 aliphatic rings. The highest BCUT2D eigenvalue weighted by Crippen LogP contribution is 2.20. The van der Waals surface area contributed by atoms with Crippen molar-refractivity contribution in [3.05, 3.63) is 48.0 Å². The van der Waals surface area contributed by atoms with Gasteiger partial charge in [-0.3, -0.25) is 4.79 Å². The van der Waals surface area contributed by atoms with Crippen molar-refractivity contribution in [2.45, 2.75) is 6.42 Å². The third kappa shape index (κ3) is 5.16. The zero-order chi connectivity index (χ0) is 19.9. The molecular weight excluding hydrogens is 359 g/mol. The Morgan fingerprint density at radius 1 is 1.18 bits per heavy atom. The van der Waals surface area contributed by atoms with E-state index in [4.69, 9.17) is 0 Å². The van der Waals surface area contributed by atoms with Crippen molar-refractivity contribution >= 4 is 17.5 Å². The minimum Gasteiger partial charge on any atom is -0.366 e. The molecule has 0 bridgehead atoms. The fourth-order valence-electron chi connectivity index (χ4n) is 3.18. The third-order valence-electron chi connectivity index (χ3n) is 4.70. The molecule has 2 heterocycles. The number of para-hydroxylation sites is 1. The summed E-state index contributed by atoms with van der Waals surface area (Å²) in [5, 5.41) is 3.16. The van der Waals surface area contributed by atoms with Crippen LogP contribution in [0, 0.1) is 5.82 Å². The van der Waals surface area contributed by atoms with Gasteiger partial charge in [-0.1, -0.05) is 12.1 Å². The molecule has 2 aromatic rings. The molecule has 7 nitrogen and oxygen atoms in total. The van der Waals surface area contributed by atoms with Crippen LogP contribution < -0.4 is 10.2 Å². The Hall–Kier alpha value is -2.74. The molecule has 0 saturated carbocycles. The van der Waals surface area contributed by atoms with Crippen molar-refractivity contribution in [1.82, 2.24) is 19.8 Å². The predicted molar refractivity (Wildman–Crippen MR) is 108 cm³/mol. The van der Waals surface area contributed by atoms with Crippen LogP contribution in [-0.4, -0.2) is 79.0 Å². The molecule has 1 N–H and O–H groups in total. The number of aromatic nitrogens is 2. The zero-order valence-electron chi connectivity index (χ0n) is 16.4. The lowest BCUT2D eigenvalue weighted by Gasteiger charge is -2.36. The number of amides is 1. The van der Waals surface area contributed by atoms with Crippen molar-refractivity contribution in [3.8, 4) is 0 Å². The smallest absolute Gasteiger partial charge is 0.272 e. The summed E-state index contributed by atoms with van der Waals surface area (Å²) in [6.07, 6.45) is 2.57. The highest BCUT2D eigenvalue weighted by atomic mass is 19.1. The summed E-state index contributed by atoms with van der Waals surface area (Å²) in [6, 6.07) is 8.37. The summed E-state index contributed by atoms with van der Waals surface area (Å²) in [5.74, 6) is 0.115. The topological polar surface area (TPSA) is 64.6 Å². The Morgan fingerprint density at radius 3 is 2.64 bits per heavy atom. The lowest BCUT2D eigenvalue weighted by atomic mass is 10.2. The van der Waals surface area contributed by atoms with Gasteiger partial charge in [-0.25, -0.2) is 14.4 Å². The first-order valence-corrected chi connectivity index (χ1v) is 9.55. The summed E-state index contributed by atoms with van der Waals surface area (Å²) in [6.45, 7) is 3.96. The predicted octanol–water partition coefficient (Wildman–Crippen LogP) is 1.94. The lowest BCUT2D eigenvalue weighted by Crippen LogP contribution is -2.49. The molecular formula is C20H27FN6O. The molecule has 0 unspecified atom stereocenters. The van der Waals surface area contributed by atoms with Crippen LogP contribution in [0.5, 0.6) is 0 Å². The molecule has 1 aromatic carbocycles. The molecule has 28 heavy (non-hydrogen) atoms. The molecule has 3 rings (SSSR count). The molecule has 150 valence electrons. The van der Waals surface area contributed by atoms with Crippen molar-refractivity contribution in [2.24, 2.45) is 0 Å². The van der Waals surface area contributed by atoms with E-state index in [9.17, 15) is 9.18 Å². The van der Waals surface area contributed by atoms with Crippen LogP contribution in [0.1, 0.15) is 16.9 Å². The number of carbonyl (C=O) groups excluding carboxylic acids is 1. The van der Waals surface area contributed by atoms with Gasteiger partial charge in [0.25, 0.3) is 5.91 Å². The molecule has 0 aliphatic carbocycles. The third-order valence-corrected chi connectivity index (χ3v) is 4.70. The average molecular weight is 386 g/mol. The van der Waals surface area contributed by atoms with Crippen LogP contribution in [-0.2, 0) is 0 Å². The van der Waals surface area contributed by atoms with Crippen molar-refractivity contribution in [1.29, 1.82) is 0 Å². The van der Waals surface area contributed by atoms with Crippen LogP contribution >= 0.6 is 0 Å². The van der Waals surface area contributed by atoms with Gasteiger partial charge >= 0.3 is 0 Å². The summed E-state index contributed by atoms with van der Waals surface area (Å²) in [4.78, 5) is 27.2. The summed E-state index contributed by atoms with van der Waals surface area (Å²) >= 11 is 0. The first-order valence-electron chi connectivity index (χ1n) is 9.55. The van der Waals surface area contributed by atoms with Crippen LogP contribution in [0.4, 0.5) is 16.0 Å². The SMILES string of the molecule is CN(C)CCCNc1nccc(C(=O)N2CCN(c3ccccc3F)CC2)n1. The molecule has 1 amide bonds. The van der Waals surface area contributed by atoms with E-state index >= 15 is 0 Å². The van der Waals surface area contributed by atoms with Gasteiger partial charge in [-0.05, 0) is 45.3 Å². The van der Waals surface area contributed by atoms with Gasteiger partial charge in [0, 0.05) is 38.9 Å². The fourth-order valence-corrected chi connectivity index (χ4v) is 3.18. The molecule has 1 saturated heterocycles. The van der Waals surface area contributed by atoms with E-state index in [2.05, 4.69) is 20.2 Å². The first-order chi connectivity index (χ1) is 13.5. The van der Waals surface area contributed by atoms with E-state index in [-0.39, 0.29) is 11.7 Å². The number of halogens is 1. The van der Waals surface area contributed by atoms with Gasteiger partial charge in [0.05, 0.1) is 5.69 Å². The van der Waals surface area contributed by atoms with Gasteiger partial charge in [-0.15, -0.1) is 0 Å². The number of anilines is 2. The summed E-state index contributed by atoms with van der Waals surface area (Å²) < 4.78 is 14.0. The van der Waals surface area contributed by atoms with Gasteiger partial charge in [0.15, 0.2) is 0 Å². The maximum atomic E-state index is 14.0. The number of hydrogen-bond acceptors (Lipinski definition) is 6. The number of nitrogens with one attached hydrogen (secondary N) is 1. The van der Waals surface area contributed by atoms with E-state index < -0.39 is 0 Å². The average Bonchev–Trinajstić information content (AvgIpc) is 2.71. The molecule has 0 radical (unpaired) electrons. The number of rotatable bonds is 7. The van der Waals surface area contributed by atoms with Gasteiger partial charge in [0.1, 0.15) is 11.5 Å². The van der Waals surface area contributed by atoms with Crippen LogP contribution in [0.15, 0.2) is 36.5 Å². The Kier molecular flexibility index (Phi) is 6.76. The van der Waals surface area contributed by atoms with Gasteiger partial charge < -0.3 is 20.0 Å². The maximum absolute atomic E-state index is 14.0. The van der Waals surface area contributed by atoms with E-state index in [1.807, 2.05) is 25.1 Å².